The zero-order valence-electron chi connectivity index (χ0n) is 8.83. The zero-order chi connectivity index (χ0) is 11.0. The number of nitrogens with one attached hydrogen (secondary N) is 3. The van der Waals surface area contributed by atoms with Gasteiger partial charge in [0.05, 0.1) is 5.70 Å². The van der Waals surface area contributed by atoms with E-state index in [9.17, 15) is 0 Å². The fourth-order valence-corrected chi connectivity index (χ4v) is 0.666. The van der Waals surface area contributed by atoms with Crippen molar-refractivity contribution in [1.82, 2.24) is 10.6 Å². The molecular weight excluding hydrogens is 178 g/mol. The minimum atomic E-state index is 0.324. The number of rotatable bonds is 4. The number of guanidine groups is 1. The van der Waals surface area contributed by atoms with Crippen molar-refractivity contribution in [3.05, 3.63) is 11.9 Å². The summed E-state index contributed by atoms with van der Waals surface area (Å²) in [6, 6.07) is 0.324. The van der Waals surface area contributed by atoms with Crippen molar-refractivity contribution >= 4 is 18.9 Å². The van der Waals surface area contributed by atoms with Gasteiger partial charge in [-0.2, -0.15) is 0 Å². The molecule has 0 aromatic rings. The van der Waals surface area contributed by atoms with E-state index in [1.54, 1.807) is 13.2 Å². The van der Waals surface area contributed by atoms with Gasteiger partial charge in [0.25, 0.3) is 0 Å². The lowest BCUT2D eigenvalue weighted by atomic mass is 10.4. The molecule has 0 unspecified atom stereocenters. The zero-order valence-corrected chi connectivity index (χ0v) is 8.83. The normalized spacial score (nSPS) is 12.6. The quantitative estimate of drug-likeness (QED) is 0.457. The van der Waals surface area contributed by atoms with Crippen LogP contribution in [0.2, 0.25) is 0 Å². The first-order valence-corrected chi connectivity index (χ1v) is 4.31. The highest BCUT2D eigenvalue weighted by Crippen LogP contribution is 1.86. The van der Waals surface area contributed by atoms with Crippen LogP contribution in [0.25, 0.3) is 0 Å². The number of aliphatic imine (C=N–C) groups is 2. The lowest BCUT2D eigenvalue weighted by Gasteiger charge is -2.08. The van der Waals surface area contributed by atoms with E-state index >= 15 is 0 Å². The van der Waals surface area contributed by atoms with Gasteiger partial charge >= 0.3 is 0 Å². The van der Waals surface area contributed by atoms with Gasteiger partial charge < -0.3 is 16.0 Å². The summed E-state index contributed by atoms with van der Waals surface area (Å²) < 4.78 is 0. The highest BCUT2D eigenvalue weighted by molar-refractivity contribution is 5.90. The Hall–Kier alpha value is -1.65. The lowest BCUT2D eigenvalue weighted by Crippen LogP contribution is -2.25. The van der Waals surface area contributed by atoms with Crippen molar-refractivity contribution in [2.24, 2.45) is 9.98 Å². The molecule has 0 radical (unpaired) electrons. The van der Waals surface area contributed by atoms with Gasteiger partial charge in [0.1, 0.15) is 0 Å². The fourth-order valence-electron chi connectivity index (χ4n) is 0.666. The van der Waals surface area contributed by atoms with E-state index in [-0.39, 0.29) is 0 Å². The maximum absolute atomic E-state index is 7.13. The molecule has 0 aliphatic carbocycles. The summed E-state index contributed by atoms with van der Waals surface area (Å²) in [7, 11) is 1.61. The van der Waals surface area contributed by atoms with Gasteiger partial charge in [0.2, 0.25) is 5.96 Å². The smallest absolute Gasteiger partial charge is 0.221 e. The number of hydrogen-bond donors (Lipinski definition) is 3. The second kappa shape index (κ2) is 6.82. The highest BCUT2D eigenvalue weighted by Gasteiger charge is 1.96. The van der Waals surface area contributed by atoms with E-state index < -0.39 is 0 Å². The Morgan fingerprint density at radius 3 is 2.50 bits per heavy atom. The fraction of sp³-hybridized carbons (Fsp3) is 0.444. The standard InChI is InChI=1S/C9H17N5/c1-7(2)13-6-8(5-10)14-9(11-3)12-4/h5-7,10,13H,3H2,1-2,4H3,(H,12,14)/b8-6+,10-5?. The van der Waals surface area contributed by atoms with Gasteiger partial charge in [0, 0.05) is 25.5 Å². The molecule has 0 fully saturated rings. The highest BCUT2D eigenvalue weighted by atomic mass is 15.1. The number of allylic oxidation sites excluding steroid dienone is 1. The molecule has 0 aliphatic heterocycles. The Morgan fingerprint density at radius 1 is 1.50 bits per heavy atom. The summed E-state index contributed by atoms with van der Waals surface area (Å²) in [6.07, 6.45) is 2.89. The molecule has 0 aromatic carbocycles. The van der Waals surface area contributed by atoms with Crippen molar-refractivity contribution in [3.8, 4) is 0 Å². The molecule has 0 atom stereocenters. The largest absolute Gasteiger partial charge is 0.387 e. The van der Waals surface area contributed by atoms with Crippen LogP contribution >= 0.6 is 0 Å². The van der Waals surface area contributed by atoms with Crippen LogP contribution in [0, 0.1) is 5.41 Å². The summed E-state index contributed by atoms with van der Waals surface area (Å²) >= 11 is 0. The Morgan fingerprint density at radius 2 is 2.14 bits per heavy atom. The minimum Gasteiger partial charge on any atom is -0.387 e. The lowest BCUT2D eigenvalue weighted by molar-refractivity contribution is 0.698. The van der Waals surface area contributed by atoms with Crippen molar-refractivity contribution < 1.29 is 0 Å². The van der Waals surface area contributed by atoms with Gasteiger partial charge in [-0.1, -0.05) is 0 Å². The molecule has 3 N–H and O–H groups in total. The number of nitrogens with zero attached hydrogens (tertiary/aromatic N) is 2. The van der Waals surface area contributed by atoms with Gasteiger partial charge in [-0.15, -0.1) is 0 Å². The average Bonchev–Trinajstić information content (AvgIpc) is 2.18. The average molecular weight is 195 g/mol. The van der Waals surface area contributed by atoms with Crippen LogP contribution in [-0.2, 0) is 0 Å². The van der Waals surface area contributed by atoms with E-state index in [1.807, 2.05) is 13.8 Å². The molecule has 0 heterocycles. The molecule has 0 saturated heterocycles. The van der Waals surface area contributed by atoms with Crippen molar-refractivity contribution in [3.63, 3.8) is 0 Å². The molecular formula is C9H17N5. The maximum Gasteiger partial charge on any atom is 0.221 e. The minimum absolute atomic E-state index is 0.324. The Balaban J connectivity index is 4.35. The van der Waals surface area contributed by atoms with Crippen LogP contribution in [0.15, 0.2) is 21.9 Å². The Labute approximate surface area is 84.5 Å². The molecule has 78 valence electrons. The van der Waals surface area contributed by atoms with E-state index in [0.717, 1.165) is 0 Å². The summed E-state index contributed by atoms with van der Waals surface area (Å²) in [5.74, 6) is 0.394. The van der Waals surface area contributed by atoms with Crippen LogP contribution in [-0.4, -0.2) is 32.0 Å². The molecule has 0 amide bonds. The van der Waals surface area contributed by atoms with Gasteiger partial charge in [-0.25, -0.2) is 4.99 Å². The van der Waals surface area contributed by atoms with E-state index in [4.69, 9.17) is 5.41 Å². The van der Waals surface area contributed by atoms with Gasteiger partial charge in [-0.3, -0.25) is 4.99 Å². The third kappa shape index (κ3) is 5.08. The monoisotopic (exact) mass is 195 g/mol. The molecule has 0 rings (SSSR count). The van der Waals surface area contributed by atoms with Crippen molar-refractivity contribution in [2.75, 3.05) is 7.05 Å². The first kappa shape index (κ1) is 12.3. The summed E-state index contributed by atoms with van der Waals surface area (Å²) in [6.45, 7) is 7.37. The van der Waals surface area contributed by atoms with Crippen LogP contribution in [0.4, 0.5) is 0 Å². The van der Waals surface area contributed by atoms with Crippen molar-refractivity contribution in [2.45, 2.75) is 19.9 Å². The van der Waals surface area contributed by atoms with Crippen LogP contribution in [0.1, 0.15) is 13.8 Å². The van der Waals surface area contributed by atoms with Crippen LogP contribution in [0.5, 0.6) is 0 Å². The van der Waals surface area contributed by atoms with Gasteiger partial charge in [0.15, 0.2) is 0 Å². The molecule has 0 aliphatic rings. The second-order valence-electron chi connectivity index (χ2n) is 2.90. The predicted molar refractivity (Wildman–Crippen MR) is 61.2 cm³/mol. The third-order valence-corrected chi connectivity index (χ3v) is 1.35. The summed E-state index contributed by atoms with van der Waals surface area (Å²) in [5.41, 5.74) is 0.590. The summed E-state index contributed by atoms with van der Waals surface area (Å²) in [5, 5.41) is 13.0. The Bertz CT molecular complexity index is 252. The molecule has 0 aromatic heterocycles. The van der Waals surface area contributed by atoms with Crippen LogP contribution in [0.3, 0.4) is 0 Å². The second-order valence-corrected chi connectivity index (χ2v) is 2.90. The topological polar surface area (TPSA) is 72.6 Å². The van der Waals surface area contributed by atoms with E-state index in [1.165, 1.54) is 6.21 Å². The SMILES string of the molecule is C=N/C(=N\C)N/C(C=N)=C/NC(C)C. The summed E-state index contributed by atoms with van der Waals surface area (Å²) in [4.78, 5) is 7.46. The van der Waals surface area contributed by atoms with Crippen molar-refractivity contribution in [1.29, 1.82) is 5.41 Å². The molecule has 5 heteroatoms. The first-order chi connectivity index (χ1) is 6.63. The van der Waals surface area contributed by atoms with Gasteiger partial charge in [-0.05, 0) is 20.6 Å². The molecule has 0 spiro atoms. The molecule has 0 bridgehead atoms. The molecule has 14 heavy (non-hydrogen) atoms. The van der Waals surface area contributed by atoms with Crippen LogP contribution < -0.4 is 10.6 Å². The first-order valence-electron chi connectivity index (χ1n) is 4.31. The maximum atomic E-state index is 7.13. The molecule has 0 saturated carbocycles. The Kier molecular flexibility index (Phi) is 6.02. The predicted octanol–water partition coefficient (Wildman–Crippen LogP) is 0.751. The molecule has 5 nitrogen and oxygen atoms in total. The van der Waals surface area contributed by atoms with E-state index in [2.05, 4.69) is 27.3 Å². The third-order valence-electron chi connectivity index (χ3n) is 1.35. The van der Waals surface area contributed by atoms with E-state index in [0.29, 0.717) is 17.7 Å². The number of hydrogen-bond acceptors (Lipinski definition) is 3.